The number of benzene rings is 2. The predicted molar refractivity (Wildman–Crippen MR) is 107 cm³/mol. The number of sulfone groups is 1. The summed E-state index contributed by atoms with van der Waals surface area (Å²) in [7, 11) is 1.93. The van der Waals surface area contributed by atoms with Gasteiger partial charge in [-0.05, 0) is 17.7 Å². The zero-order chi connectivity index (χ0) is 21.6. The minimum atomic E-state index is -3.75. The van der Waals surface area contributed by atoms with E-state index in [-0.39, 0.29) is 17.0 Å². The van der Waals surface area contributed by atoms with Crippen molar-refractivity contribution in [1.82, 2.24) is 0 Å². The molecule has 0 atom stereocenters. The largest absolute Gasteiger partial charge is 0.496 e. The lowest BCUT2D eigenvalue weighted by atomic mass is 10.1. The van der Waals surface area contributed by atoms with Crippen LogP contribution in [0.1, 0.15) is 11.1 Å². The Hall–Kier alpha value is -3.27. The van der Waals surface area contributed by atoms with Crippen LogP contribution in [0.15, 0.2) is 35.7 Å². The number of nitrogens with zero attached hydrogens (tertiary/aromatic N) is 1. The van der Waals surface area contributed by atoms with Crippen LogP contribution < -0.4 is 18.9 Å². The molecule has 0 unspecified atom stereocenters. The molecule has 0 bridgehead atoms. The molecule has 9 nitrogen and oxygen atoms in total. The molecular weight excluding hydrogens is 402 g/mol. The molecule has 0 fully saturated rings. The zero-order valence-electron chi connectivity index (χ0n) is 16.4. The van der Waals surface area contributed by atoms with E-state index in [1.54, 1.807) is 12.1 Å². The highest BCUT2D eigenvalue weighted by molar-refractivity contribution is 7.93. The third-order valence-electron chi connectivity index (χ3n) is 4.00. The van der Waals surface area contributed by atoms with Crippen molar-refractivity contribution in [3.05, 3.63) is 57.0 Å². The maximum Gasteiger partial charge on any atom is 0.311 e. The van der Waals surface area contributed by atoms with Crippen molar-refractivity contribution in [2.24, 2.45) is 0 Å². The van der Waals surface area contributed by atoms with Gasteiger partial charge in [0.2, 0.25) is 0 Å². The van der Waals surface area contributed by atoms with E-state index >= 15 is 0 Å². The van der Waals surface area contributed by atoms with Crippen LogP contribution in [0.5, 0.6) is 23.0 Å². The van der Waals surface area contributed by atoms with Gasteiger partial charge in [0.1, 0.15) is 17.2 Å². The van der Waals surface area contributed by atoms with Crippen LogP contribution in [-0.2, 0) is 15.6 Å². The molecule has 0 heterocycles. The SMILES string of the molecule is COc1cc(OC)c(/C=C\S(=O)(=O)Cc2ccc(OC)c([N+](=O)[O-])c2)c(OC)c1. The maximum atomic E-state index is 12.5. The van der Waals surface area contributed by atoms with E-state index in [9.17, 15) is 18.5 Å². The van der Waals surface area contributed by atoms with Crippen LogP contribution in [0.2, 0.25) is 0 Å². The van der Waals surface area contributed by atoms with Gasteiger partial charge in [0.15, 0.2) is 15.6 Å². The maximum absolute atomic E-state index is 12.5. The summed E-state index contributed by atoms with van der Waals surface area (Å²) in [6, 6.07) is 7.20. The van der Waals surface area contributed by atoms with Gasteiger partial charge in [0.25, 0.3) is 0 Å². The van der Waals surface area contributed by atoms with Gasteiger partial charge in [-0.3, -0.25) is 10.1 Å². The Morgan fingerprint density at radius 1 is 0.931 bits per heavy atom. The molecule has 0 saturated carbocycles. The number of nitro benzene ring substituents is 1. The van der Waals surface area contributed by atoms with Crippen LogP contribution in [0.4, 0.5) is 5.69 Å². The quantitative estimate of drug-likeness (QED) is 0.446. The first-order valence-corrected chi connectivity index (χ1v) is 9.98. The number of nitro groups is 1. The van der Waals surface area contributed by atoms with Crippen molar-refractivity contribution in [1.29, 1.82) is 0 Å². The number of methoxy groups -OCH3 is 4. The van der Waals surface area contributed by atoms with Crippen molar-refractivity contribution in [2.75, 3.05) is 28.4 Å². The summed E-state index contributed by atoms with van der Waals surface area (Å²) in [5.74, 6) is 0.860. The van der Waals surface area contributed by atoms with E-state index in [2.05, 4.69) is 0 Å². The number of rotatable bonds is 9. The molecule has 0 aliphatic heterocycles. The van der Waals surface area contributed by atoms with Gasteiger partial charge >= 0.3 is 5.69 Å². The highest BCUT2D eigenvalue weighted by atomic mass is 32.2. The lowest BCUT2D eigenvalue weighted by Crippen LogP contribution is -2.02. The van der Waals surface area contributed by atoms with E-state index in [1.165, 1.54) is 52.7 Å². The van der Waals surface area contributed by atoms with Gasteiger partial charge in [-0.25, -0.2) is 8.42 Å². The summed E-state index contributed by atoms with van der Waals surface area (Å²) in [5, 5.41) is 12.1. The van der Waals surface area contributed by atoms with Crippen molar-refractivity contribution in [3.63, 3.8) is 0 Å². The van der Waals surface area contributed by atoms with Crippen LogP contribution >= 0.6 is 0 Å². The van der Waals surface area contributed by atoms with Gasteiger partial charge in [0.05, 0.1) is 44.7 Å². The Morgan fingerprint density at radius 2 is 1.52 bits per heavy atom. The van der Waals surface area contributed by atoms with Gasteiger partial charge in [-0.1, -0.05) is 6.07 Å². The average Bonchev–Trinajstić information content (AvgIpc) is 2.71. The number of hydrogen-bond acceptors (Lipinski definition) is 8. The van der Waals surface area contributed by atoms with Crippen LogP contribution in [0, 0.1) is 10.1 Å². The molecule has 0 amide bonds. The summed E-state index contributed by atoms with van der Waals surface area (Å²) in [4.78, 5) is 10.5. The van der Waals surface area contributed by atoms with E-state index in [4.69, 9.17) is 18.9 Å². The molecule has 0 aromatic heterocycles. The normalized spacial score (nSPS) is 11.3. The van der Waals surface area contributed by atoms with Gasteiger partial charge in [-0.2, -0.15) is 0 Å². The summed E-state index contributed by atoms with van der Waals surface area (Å²) in [6.07, 6.45) is 1.35. The van der Waals surface area contributed by atoms with E-state index < -0.39 is 20.5 Å². The Bertz CT molecular complexity index is 1010. The standard InChI is InChI=1S/C19H21NO8S/c1-25-14-10-18(27-3)15(19(11-14)28-4)7-8-29(23,24)12-13-5-6-17(26-2)16(9-13)20(21)22/h5-11H,12H2,1-4H3/b8-7-. The fraction of sp³-hybridized carbons (Fsp3) is 0.263. The molecule has 29 heavy (non-hydrogen) atoms. The first-order valence-electron chi connectivity index (χ1n) is 8.26. The smallest absolute Gasteiger partial charge is 0.311 e. The fourth-order valence-electron chi connectivity index (χ4n) is 2.62. The molecular formula is C19H21NO8S. The lowest BCUT2D eigenvalue weighted by Gasteiger charge is -2.12. The molecule has 0 aliphatic carbocycles. The Kier molecular flexibility index (Phi) is 7.05. The highest BCUT2D eigenvalue weighted by Gasteiger charge is 2.18. The number of ether oxygens (including phenoxy) is 4. The average molecular weight is 423 g/mol. The molecule has 156 valence electrons. The minimum Gasteiger partial charge on any atom is -0.496 e. The van der Waals surface area contributed by atoms with E-state index in [0.29, 0.717) is 22.8 Å². The first kappa shape index (κ1) is 22.0. The van der Waals surface area contributed by atoms with Crippen molar-refractivity contribution in [3.8, 4) is 23.0 Å². The summed E-state index contributed by atoms with van der Waals surface area (Å²) >= 11 is 0. The second-order valence-corrected chi connectivity index (χ2v) is 7.71. The Labute approximate surface area is 168 Å². The Balaban J connectivity index is 2.36. The fourth-order valence-corrected chi connectivity index (χ4v) is 3.70. The molecule has 0 aliphatic rings. The second kappa shape index (κ2) is 9.28. The van der Waals surface area contributed by atoms with Crippen molar-refractivity contribution >= 4 is 21.6 Å². The third-order valence-corrected chi connectivity index (χ3v) is 5.29. The van der Waals surface area contributed by atoms with Crippen LogP contribution in [-0.4, -0.2) is 41.8 Å². The molecule has 2 aromatic carbocycles. The van der Waals surface area contributed by atoms with Gasteiger partial charge < -0.3 is 18.9 Å². The van der Waals surface area contributed by atoms with Crippen LogP contribution in [0.3, 0.4) is 0 Å². The first-order chi connectivity index (χ1) is 13.7. The summed E-state index contributed by atoms with van der Waals surface area (Å²) in [5.41, 5.74) is 0.374. The molecule has 0 radical (unpaired) electrons. The van der Waals surface area contributed by atoms with Gasteiger partial charge in [0, 0.05) is 23.6 Å². The molecule has 0 N–H and O–H groups in total. The summed E-state index contributed by atoms with van der Waals surface area (Å²) < 4.78 is 45.7. The number of hydrogen-bond donors (Lipinski definition) is 0. The van der Waals surface area contributed by atoms with E-state index in [0.717, 1.165) is 5.41 Å². The van der Waals surface area contributed by atoms with Gasteiger partial charge in [-0.15, -0.1) is 0 Å². The lowest BCUT2D eigenvalue weighted by molar-refractivity contribution is -0.385. The predicted octanol–water partition coefficient (Wildman–Crippen LogP) is 3.21. The summed E-state index contributed by atoms with van der Waals surface area (Å²) in [6.45, 7) is 0. The second-order valence-electron chi connectivity index (χ2n) is 5.82. The molecule has 10 heteroatoms. The monoisotopic (exact) mass is 423 g/mol. The highest BCUT2D eigenvalue weighted by Crippen LogP contribution is 2.35. The van der Waals surface area contributed by atoms with Crippen molar-refractivity contribution in [2.45, 2.75) is 5.75 Å². The topological polar surface area (TPSA) is 114 Å². The Morgan fingerprint density at radius 3 is 2.00 bits per heavy atom. The van der Waals surface area contributed by atoms with E-state index in [1.807, 2.05) is 0 Å². The van der Waals surface area contributed by atoms with Crippen LogP contribution in [0.25, 0.3) is 6.08 Å². The third kappa shape index (κ3) is 5.38. The molecule has 2 rings (SSSR count). The molecule has 2 aromatic rings. The van der Waals surface area contributed by atoms with Crippen molar-refractivity contribution < 1.29 is 32.3 Å². The minimum absolute atomic E-state index is 0.0550. The zero-order valence-corrected chi connectivity index (χ0v) is 17.2. The molecule has 0 spiro atoms. The molecule has 0 saturated heterocycles.